The molecule has 1 heterocycles. The number of benzene rings is 2. The number of methoxy groups -OCH3 is 2. The molecule has 3 aromatic rings. The lowest BCUT2D eigenvalue weighted by molar-refractivity contribution is -0.141. The summed E-state index contributed by atoms with van der Waals surface area (Å²) in [7, 11) is 2.89. The number of rotatable bonds is 8. The lowest BCUT2D eigenvalue weighted by atomic mass is 10.1. The first kappa shape index (κ1) is 24.4. The Hall–Kier alpha value is -3.27. The van der Waals surface area contributed by atoms with Crippen LogP contribution in [0.2, 0.25) is 0 Å². The van der Waals surface area contributed by atoms with Gasteiger partial charge >= 0.3 is 6.18 Å². The normalized spacial score (nSPS) is 11.2. The van der Waals surface area contributed by atoms with E-state index in [1.807, 2.05) is 31.2 Å². The third kappa shape index (κ3) is 6.61. The number of carbonyl (C=O) groups is 1. The lowest BCUT2D eigenvalue weighted by Crippen LogP contribution is -2.24. The number of thioether (sulfide) groups is 1. The summed E-state index contributed by atoms with van der Waals surface area (Å²) in [5.74, 6) is 0.325. The zero-order chi connectivity index (χ0) is 24.0. The number of nitrogens with zero attached hydrogens (tertiary/aromatic N) is 2. The van der Waals surface area contributed by atoms with Gasteiger partial charge in [-0.15, -0.1) is 0 Å². The Balaban J connectivity index is 1.77. The van der Waals surface area contributed by atoms with Crippen LogP contribution in [0.1, 0.15) is 16.8 Å². The highest BCUT2D eigenvalue weighted by atomic mass is 32.2. The molecule has 0 aliphatic carbocycles. The zero-order valence-electron chi connectivity index (χ0n) is 18.2. The highest BCUT2D eigenvalue weighted by molar-refractivity contribution is 7.99. The fourth-order valence-corrected chi connectivity index (χ4v) is 3.55. The minimum absolute atomic E-state index is 0.0563. The Bertz CT molecular complexity index is 1120. The summed E-state index contributed by atoms with van der Waals surface area (Å²) < 4.78 is 50.7. The van der Waals surface area contributed by atoms with E-state index in [0.717, 1.165) is 29.0 Å². The van der Waals surface area contributed by atoms with Crippen LogP contribution in [0.4, 0.5) is 13.2 Å². The maximum atomic E-state index is 13.4. The second-order valence-corrected chi connectivity index (χ2v) is 7.98. The van der Waals surface area contributed by atoms with Gasteiger partial charge in [0.1, 0.15) is 5.69 Å². The average molecular weight is 478 g/mol. The molecule has 2 aromatic carbocycles. The van der Waals surface area contributed by atoms with Gasteiger partial charge in [0.25, 0.3) is 0 Å². The van der Waals surface area contributed by atoms with Crippen LogP contribution in [-0.2, 0) is 17.5 Å². The number of nitrogens with one attached hydrogen (secondary N) is 1. The number of carbonyl (C=O) groups excluding carboxylic acids is 1. The Morgan fingerprint density at radius 3 is 2.33 bits per heavy atom. The van der Waals surface area contributed by atoms with Crippen molar-refractivity contribution in [3.05, 3.63) is 65.4 Å². The third-order valence-electron chi connectivity index (χ3n) is 4.62. The molecule has 0 saturated carbocycles. The minimum atomic E-state index is -4.67. The molecule has 1 N–H and O–H groups in total. The molecular weight excluding hydrogens is 455 g/mol. The molecule has 1 aromatic heterocycles. The van der Waals surface area contributed by atoms with Crippen molar-refractivity contribution in [2.24, 2.45) is 0 Å². The van der Waals surface area contributed by atoms with Gasteiger partial charge in [-0.3, -0.25) is 4.79 Å². The summed E-state index contributed by atoms with van der Waals surface area (Å²) in [6, 6.07) is 13.2. The van der Waals surface area contributed by atoms with Gasteiger partial charge < -0.3 is 14.8 Å². The first-order valence-corrected chi connectivity index (χ1v) is 10.8. The molecule has 0 aliphatic rings. The summed E-state index contributed by atoms with van der Waals surface area (Å²) in [4.78, 5) is 20.0. The first-order chi connectivity index (χ1) is 15.7. The van der Waals surface area contributed by atoms with E-state index < -0.39 is 11.9 Å². The Labute approximate surface area is 193 Å². The van der Waals surface area contributed by atoms with Gasteiger partial charge in [0.05, 0.1) is 25.7 Å². The van der Waals surface area contributed by atoms with Crippen LogP contribution >= 0.6 is 11.8 Å². The van der Waals surface area contributed by atoms with Gasteiger partial charge in [-0.1, -0.05) is 41.6 Å². The van der Waals surface area contributed by atoms with Gasteiger partial charge in [0.2, 0.25) is 5.91 Å². The Morgan fingerprint density at radius 2 is 1.70 bits per heavy atom. The molecule has 0 radical (unpaired) electrons. The predicted octanol–water partition coefficient (Wildman–Crippen LogP) is 4.90. The highest BCUT2D eigenvalue weighted by Crippen LogP contribution is 2.35. The van der Waals surface area contributed by atoms with Crippen molar-refractivity contribution >= 4 is 17.7 Å². The average Bonchev–Trinajstić information content (AvgIpc) is 2.81. The first-order valence-electron chi connectivity index (χ1n) is 9.83. The van der Waals surface area contributed by atoms with Crippen molar-refractivity contribution < 1.29 is 27.4 Å². The maximum absolute atomic E-state index is 13.4. The van der Waals surface area contributed by atoms with Crippen LogP contribution in [0, 0.1) is 6.92 Å². The molecule has 0 aliphatic heterocycles. The number of aromatic nitrogens is 2. The van der Waals surface area contributed by atoms with E-state index in [9.17, 15) is 18.0 Å². The van der Waals surface area contributed by atoms with E-state index in [2.05, 4.69) is 15.3 Å². The molecule has 6 nitrogen and oxygen atoms in total. The number of alkyl halides is 3. The number of halogens is 3. The summed E-state index contributed by atoms with van der Waals surface area (Å²) in [6.07, 6.45) is -4.67. The highest BCUT2D eigenvalue weighted by Gasteiger charge is 2.34. The van der Waals surface area contributed by atoms with Crippen LogP contribution < -0.4 is 14.8 Å². The summed E-state index contributed by atoms with van der Waals surface area (Å²) in [5.41, 5.74) is 1.38. The second-order valence-electron chi connectivity index (χ2n) is 7.04. The zero-order valence-corrected chi connectivity index (χ0v) is 19.0. The number of hydrogen-bond acceptors (Lipinski definition) is 6. The number of amides is 1. The Kier molecular flexibility index (Phi) is 7.80. The molecule has 0 bridgehead atoms. The topological polar surface area (TPSA) is 73.3 Å². The second kappa shape index (κ2) is 10.6. The number of hydrogen-bond donors (Lipinski definition) is 1. The molecule has 174 valence electrons. The monoisotopic (exact) mass is 477 g/mol. The Morgan fingerprint density at radius 1 is 1.00 bits per heavy atom. The third-order valence-corrected chi connectivity index (χ3v) is 5.47. The smallest absolute Gasteiger partial charge is 0.433 e. The van der Waals surface area contributed by atoms with Crippen LogP contribution in [-0.4, -0.2) is 35.8 Å². The van der Waals surface area contributed by atoms with Gasteiger partial charge in [0.15, 0.2) is 16.7 Å². The maximum Gasteiger partial charge on any atom is 0.433 e. The van der Waals surface area contributed by atoms with Gasteiger partial charge in [0, 0.05) is 12.1 Å². The SMILES string of the molecule is COc1ccc(-c2cc(C(F)(F)F)nc(SCC(=O)NCc3ccc(C)cc3)n2)cc1OC. The van der Waals surface area contributed by atoms with Gasteiger partial charge in [-0.05, 0) is 36.8 Å². The summed E-state index contributed by atoms with van der Waals surface area (Å²) in [6.45, 7) is 2.28. The van der Waals surface area contributed by atoms with Crippen LogP contribution in [0.5, 0.6) is 11.5 Å². The molecule has 0 spiro atoms. The molecule has 0 saturated heterocycles. The van der Waals surface area contributed by atoms with E-state index in [-0.39, 0.29) is 22.5 Å². The van der Waals surface area contributed by atoms with E-state index in [1.54, 1.807) is 12.1 Å². The van der Waals surface area contributed by atoms with Crippen molar-refractivity contribution in [3.8, 4) is 22.8 Å². The van der Waals surface area contributed by atoms with E-state index >= 15 is 0 Å². The largest absolute Gasteiger partial charge is 0.493 e. The molecule has 10 heteroatoms. The minimum Gasteiger partial charge on any atom is -0.493 e. The fourth-order valence-electron chi connectivity index (χ4n) is 2.87. The van der Waals surface area contributed by atoms with Crippen LogP contribution in [0.15, 0.2) is 53.7 Å². The molecule has 3 rings (SSSR count). The molecule has 1 amide bonds. The van der Waals surface area contributed by atoms with Crippen LogP contribution in [0.25, 0.3) is 11.3 Å². The molecular formula is C23H22F3N3O3S. The molecule has 0 unspecified atom stereocenters. The quantitative estimate of drug-likeness (QED) is 0.368. The van der Waals surface area contributed by atoms with E-state index in [0.29, 0.717) is 23.6 Å². The van der Waals surface area contributed by atoms with Gasteiger partial charge in [-0.25, -0.2) is 9.97 Å². The van der Waals surface area contributed by atoms with Gasteiger partial charge in [-0.2, -0.15) is 13.2 Å². The van der Waals surface area contributed by atoms with Crippen molar-refractivity contribution in [1.29, 1.82) is 0 Å². The predicted molar refractivity (Wildman–Crippen MR) is 119 cm³/mol. The van der Waals surface area contributed by atoms with Crippen molar-refractivity contribution in [2.45, 2.75) is 24.8 Å². The molecule has 33 heavy (non-hydrogen) atoms. The molecule has 0 fully saturated rings. The van der Waals surface area contributed by atoms with Crippen molar-refractivity contribution in [3.63, 3.8) is 0 Å². The van der Waals surface area contributed by atoms with Crippen molar-refractivity contribution in [1.82, 2.24) is 15.3 Å². The van der Waals surface area contributed by atoms with E-state index in [1.165, 1.54) is 20.3 Å². The summed E-state index contributed by atoms with van der Waals surface area (Å²) >= 11 is 0.833. The number of ether oxygens (including phenoxy) is 2. The fraction of sp³-hybridized carbons (Fsp3) is 0.261. The lowest BCUT2D eigenvalue weighted by Gasteiger charge is -2.12. The molecule has 0 atom stereocenters. The standard InChI is InChI=1S/C23H22F3N3O3S/c1-14-4-6-15(7-5-14)12-27-21(30)13-33-22-28-17(11-20(29-22)23(24,25)26)16-8-9-18(31-2)19(10-16)32-3/h4-11H,12-13H2,1-3H3,(H,27,30). The van der Waals surface area contributed by atoms with Crippen LogP contribution in [0.3, 0.4) is 0 Å². The van der Waals surface area contributed by atoms with Crippen molar-refractivity contribution in [2.75, 3.05) is 20.0 Å². The van der Waals surface area contributed by atoms with E-state index in [4.69, 9.17) is 9.47 Å². The number of aryl methyl sites for hydroxylation is 1. The summed E-state index contributed by atoms with van der Waals surface area (Å²) in [5, 5.41) is 2.59.